The van der Waals surface area contributed by atoms with E-state index in [0.29, 0.717) is 0 Å². The van der Waals surface area contributed by atoms with Crippen LogP contribution in [0.3, 0.4) is 0 Å². The lowest BCUT2D eigenvalue weighted by atomic mass is 10.1. The second-order valence-electron chi connectivity index (χ2n) is 3.15. The van der Waals surface area contributed by atoms with Crippen molar-refractivity contribution in [1.82, 2.24) is 0 Å². The predicted octanol–water partition coefficient (Wildman–Crippen LogP) is 2.27. The van der Waals surface area contributed by atoms with Crippen LogP contribution in [0.4, 0.5) is 13.2 Å². The van der Waals surface area contributed by atoms with Crippen molar-refractivity contribution in [3.8, 4) is 0 Å². The summed E-state index contributed by atoms with van der Waals surface area (Å²) >= 11 is 0. The molecule has 0 saturated carbocycles. The molecule has 0 bridgehead atoms. The maximum absolute atomic E-state index is 11.7. The topological polar surface area (TPSA) is 35.2 Å². The summed E-state index contributed by atoms with van der Waals surface area (Å²) in [7, 11) is 0. The van der Waals surface area contributed by atoms with Crippen molar-refractivity contribution >= 4 is 0 Å². The summed E-state index contributed by atoms with van der Waals surface area (Å²) in [4.78, 5) is 0. The van der Waals surface area contributed by atoms with E-state index < -0.39 is 18.8 Å². The second kappa shape index (κ2) is 5.14. The molecule has 0 radical (unpaired) electrons. The molecule has 0 saturated heterocycles. The predicted molar refractivity (Wildman–Crippen MR) is 50.2 cm³/mol. The maximum atomic E-state index is 11.7. The molecule has 2 nitrogen and oxygen atoms in total. The number of ether oxygens (including phenoxy) is 1. The van der Waals surface area contributed by atoms with Gasteiger partial charge in [0.15, 0.2) is 0 Å². The van der Waals surface area contributed by atoms with E-state index in [0.717, 1.165) is 5.56 Å². The normalized spacial score (nSPS) is 13.9. The van der Waals surface area contributed by atoms with Crippen LogP contribution in [-0.2, 0) is 4.74 Å². The zero-order chi connectivity index (χ0) is 11.3. The fraction of sp³-hybridized carbons (Fsp3) is 0.400. The van der Waals surface area contributed by atoms with Gasteiger partial charge in [-0.05, 0) is 5.56 Å². The van der Waals surface area contributed by atoms with Gasteiger partial charge in [-0.2, -0.15) is 13.2 Å². The van der Waals surface area contributed by atoms with Crippen molar-refractivity contribution in [1.29, 1.82) is 0 Å². The van der Waals surface area contributed by atoms with Crippen LogP contribution < -0.4 is 5.73 Å². The lowest BCUT2D eigenvalue weighted by molar-refractivity contribution is -0.174. The fourth-order valence-corrected chi connectivity index (χ4v) is 1.10. The van der Waals surface area contributed by atoms with Crippen molar-refractivity contribution in [3.05, 3.63) is 35.9 Å². The summed E-state index contributed by atoms with van der Waals surface area (Å²) < 4.78 is 39.7. The molecule has 1 unspecified atom stereocenters. The fourth-order valence-electron chi connectivity index (χ4n) is 1.10. The molecular formula is C10H12F3NO. The molecule has 5 heteroatoms. The van der Waals surface area contributed by atoms with E-state index >= 15 is 0 Å². The van der Waals surface area contributed by atoms with Gasteiger partial charge in [-0.1, -0.05) is 30.3 Å². The van der Waals surface area contributed by atoms with Gasteiger partial charge in [0.2, 0.25) is 0 Å². The van der Waals surface area contributed by atoms with Crippen LogP contribution in [-0.4, -0.2) is 19.4 Å². The van der Waals surface area contributed by atoms with Crippen molar-refractivity contribution < 1.29 is 17.9 Å². The highest BCUT2D eigenvalue weighted by atomic mass is 19.4. The molecule has 1 rings (SSSR count). The van der Waals surface area contributed by atoms with Gasteiger partial charge in [-0.15, -0.1) is 0 Å². The van der Waals surface area contributed by atoms with Crippen molar-refractivity contribution in [2.24, 2.45) is 5.73 Å². The average molecular weight is 219 g/mol. The van der Waals surface area contributed by atoms with Crippen LogP contribution >= 0.6 is 0 Å². The van der Waals surface area contributed by atoms with Gasteiger partial charge < -0.3 is 10.5 Å². The molecule has 1 aromatic rings. The number of hydrogen-bond donors (Lipinski definition) is 1. The molecule has 2 N–H and O–H groups in total. The number of benzene rings is 1. The minimum atomic E-state index is -4.30. The Morgan fingerprint density at radius 1 is 1.20 bits per heavy atom. The first-order chi connectivity index (χ1) is 6.99. The minimum absolute atomic E-state index is 0.135. The van der Waals surface area contributed by atoms with Gasteiger partial charge in [0.1, 0.15) is 6.61 Å². The van der Waals surface area contributed by atoms with E-state index in [4.69, 9.17) is 5.73 Å². The molecule has 0 amide bonds. The molecule has 0 spiro atoms. The van der Waals surface area contributed by atoms with E-state index in [9.17, 15) is 13.2 Å². The largest absolute Gasteiger partial charge is 0.411 e. The third kappa shape index (κ3) is 4.80. The standard InChI is InChI=1S/C10H12F3NO/c11-10(12,13)7-15-6-9(14)8-4-2-1-3-5-8/h1-5,9H,6-7,14H2. The Balaban J connectivity index is 2.34. The molecule has 1 atom stereocenters. The molecule has 15 heavy (non-hydrogen) atoms. The Bertz CT molecular complexity index is 286. The zero-order valence-electron chi connectivity index (χ0n) is 8.00. The first-order valence-electron chi connectivity index (χ1n) is 4.44. The maximum Gasteiger partial charge on any atom is 0.411 e. The van der Waals surface area contributed by atoms with Crippen LogP contribution in [0.25, 0.3) is 0 Å². The summed E-state index contributed by atoms with van der Waals surface area (Å²) in [6.07, 6.45) is -4.30. The molecule has 0 heterocycles. The first-order valence-corrected chi connectivity index (χ1v) is 4.44. The number of halogens is 3. The SMILES string of the molecule is NC(COCC(F)(F)F)c1ccccc1. The van der Waals surface area contributed by atoms with Crippen LogP contribution in [0.1, 0.15) is 11.6 Å². The zero-order valence-corrected chi connectivity index (χ0v) is 8.00. The smallest absolute Gasteiger partial charge is 0.370 e. The highest BCUT2D eigenvalue weighted by Gasteiger charge is 2.27. The van der Waals surface area contributed by atoms with Gasteiger partial charge in [0, 0.05) is 0 Å². The van der Waals surface area contributed by atoms with Crippen LogP contribution in [0, 0.1) is 0 Å². The Morgan fingerprint density at radius 3 is 2.33 bits per heavy atom. The number of hydrogen-bond acceptors (Lipinski definition) is 2. The first kappa shape index (κ1) is 12.0. The Labute approximate surface area is 85.8 Å². The van der Waals surface area contributed by atoms with E-state index in [2.05, 4.69) is 4.74 Å². The summed E-state index contributed by atoms with van der Waals surface area (Å²) in [5, 5.41) is 0. The third-order valence-corrected chi connectivity index (χ3v) is 1.79. The molecule has 1 aromatic carbocycles. The van der Waals surface area contributed by atoms with Gasteiger partial charge in [0.25, 0.3) is 0 Å². The molecule has 0 fully saturated rings. The summed E-state index contributed by atoms with van der Waals surface area (Å²) in [5.74, 6) is 0. The highest BCUT2D eigenvalue weighted by Crippen LogP contribution is 2.16. The molecule has 0 aromatic heterocycles. The van der Waals surface area contributed by atoms with Gasteiger partial charge in [-0.25, -0.2) is 0 Å². The quantitative estimate of drug-likeness (QED) is 0.843. The van der Waals surface area contributed by atoms with Gasteiger partial charge in [-0.3, -0.25) is 0 Å². The van der Waals surface area contributed by atoms with Gasteiger partial charge in [0.05, 0.1) is 12.6 Å². The van der Waals surface area contributed by atoms with Crippen LogP contribution in [0.5, 0.6) is 0 Å². The Kier molecular flexibility index (Phi) is 4.11. The van der Waals surface area contributed by atoms with Crippen molar-refractivity contribution in [2.75, 3.05) is 13.2 Å². The molecule has 0 aliphatic rings. The van der Waals surface area contributed by atoms with E-state index in [1.165, 1.54) is 0 Å². The Hall–Kier alpha value is -1.07. The summed E-state index contributed by atoms with van der Waals surface area (Å²) in [6, 6.07) is 8.35. The van der Waals surface area contributed by atoms with E-state index in [1.54, 1.807) is 24.3 Å². The lowest BCUT2D eigenvalue weighted by Crippen LogP contribution is -2.23. The van der Waals surface area contributed by atoms with E-state index in [1.807, 2.05) is 6.07 Å². The van der Waals surface area contributed by atoms with Crippen LogP contribution in [0.15, 0.2) is 30.3 Å². The third-order valence-electron chi connectivity index (χ3n) is 1.79. The number of rotatable bonds is 4. The van der Waals surface area contributed by atoms with Gasteiger partial charge >= 0.3 is 6.18 Å². The van der Waals surface area contributed by atoms with E-state index in [-0.39, 0.29) is 6.61 Å². The monoisotopic (exact) mass is 219 g/mol. The molecule has 84 valence electrons. The summed E-state index contributed by atoms with van der Waals surface area (Å²) in [5.41, 5.74) is 6.40. The minimum Gasteiger partial charge on any atom is -0.370 e. The number of alkyl halides is 3. The van der Waals surface area contributed by atoms with Crippen molar-refractivity contribution in [2.45, 2.75) is 12.2 Å². The lowest BCUT2D eigenvalue weighted by Gasteiger charge is -2.13. The molecule has 0 aliphatic carbocycles. The average Bonchev–Trinajstić information content (AvgIpc) is 2.17. The summed E-state index contributed by atoms with van der Waals surface area (Å²) in [6.45, 7) is -1.39. The number of nitrogens with two attached hydrogens (primary N) is 1. The Morgan fingerprint density at radius 2 is 1.80 bits per heavy atom. The highest BCUT2D eigenvalue weighted by molar-refractivity contribution is 5.18. The molecular weight excluding hydrogens is 207 g/mol. The van der Waals surface area contributed by atoms with Crippen molar-refractivity contribution in [3.63, 3.8) is 0 Å². The molecule has 0 aliphatic heterocycles. The second-order valence-corrected chi connectivity index (χ2v) is 3.15. The van der Waals surface area contributed by atoms with Crippen LogP contribution in [0.2, 0.25) is 0 Å².